The predicted molar refractivity (Wildman–Crippen MR) is 50.1 cm³/mol. The van der Waals surface area contributed by atoms with Gasteiger partial charge in [-0.15, -0.1) is 0 Å². The lowest BCUT2D eigenvalue weighted by atomic mass is 10.2. The molecule has 0 aliphatic carbocycles. The average Bonchev–Trinajstić information content (AvgIpc) is 2.53. The Labute approximate surface area is 77.6 Å². The van der Waals surface area contributed by atoms with Gasteiger partial charge in [0.05, 0.1) is 6.10 Å². The van der Waals surface area contributed by atoms with Gasteiger partial charge in [0, 0.05) is 12.1 Å². The minimum atomic E-state index is -0.0163. The summed E-state index contributed by atoms with van der Waals surface area (Å²) in [5.74, 6) is 0. The summed E-state index contributed by atoms with van der Waals surface area (Å²) in [5, 5.41) is 3.22. The van der Waals surface area contributed by atoms with Crippen LogP contribution in [0.2, 0.25) is 0 Å². The van der Waals surface area contributed by atoms with Crippen molar-refractivity contribution in [2.75, 3.05) is 5.32 Å². The van der Waals surface area contributed by atoms with Crippen molar-refractivity contribution in [1.29, 1.82) is 0 Å². The van der Waals surface area contributed by atoms with E-state index in [1.807, 2.05) is 37.3 Å². The Morgan fingerprint density at radius 2 is 2.00 bits per heavy atom. The minimum absolute atomic E-state index is 0.0163. The minimum Gasteiger partial charge on any atom is -0.358 e. The van der Waals surface area contributed by atoms with Crippen LogP contribution >= 0.6 is 0 Å². The van der Waals surface area contributed by atoms with Crippen LogP contribution in [0.15, 0.2) is 30.3 Å². The fourth-order valence-corrected chi connectivity index (χ4v) is 1.35. The van der Waals surface area contributed by atoms with Gasteiger partial charge in [-0.1, -0.05) is 18.2 Å². The zero-order valence-corrected chi connectivity index (χ0v) is 7.57. The predicted octanol–water partition coefficient (Wildman–Crippen LogP) is 2.17. The van der Waals surface area contributed by atoms with Crippen molar-refractivity contribution in [2.45, 2.75) is 25.7 Å². The molecule has 0 bridgehead atoms. The highest BCUT2D eigenvalue weighted by atomic mass is 17.2. The van der Waals surface area contributed by atoms with Gasteiger partial charge in [0.25, 0.3) is 0 Å². The van der Waals surface area contributed by atoms with Crippen LogP contribution in [0.5, 0.6) is 0 Å². The summed E-state index contributed by atoms with van der Waals surface area (Å²) < 4.78 is 0. The summed E-state index contributed by atoms with van der Waals surface area (Å²) >= 11 is 0. The molecule has 2 rings (SSSR count). The first-order valence-electron chi connectivity index (χ1n) is 4.48. The Kier molecular flexibility index (Phi) is 2.47. The highest BCUT2D eigenvalue weighted by molar-refractivity contribution is 5.42. The van der Waals surface area contributed by atoms with Crippen molar-refractivity contribution in [3.05, 3.63) is 30.3 Å². The number of hydrogen-bond donors (Lipinski definition) is 1. The number of rotatable bonds is 2. The molecule has 1 aromatic carbocycles. The van der Waals surface area contributed by atoms with Crippen LogP contribution in [0.25, 0.3) is 0 Å². The van der Waals surface area contributed by atoms with Gasteiger partial charge in [0.15, 0.2) is 6.23 Å². The summed E-state index contributed by atoms with van der Waals surface area (Å²) in [6.45, 7) is 1.99. The summed E-state index contributed by atoms with van der Waals surface area (Å²) in [6.07, 6.45) is 1.05. The quantitative estimate of drug-likeness (QED) is 0.706. The molecule has 3 nitrogen and oxygen atoms in total. The van der Waals surface area contributed by atoms with Crippen molar-refractivity contribution in [3.63, 3.8) is 0 Å². The molecule has 13 heavy (non-hydrogen) atoms. The summed E-state index contributed by atoms with van der Waals surface area (Å²) in [7, 11) is 0. The molecule has 70 valence electrons. The van der Waals surface area contributed by atoms with Crippen LogP contribution in [0.4, 0.5) is 5.69 Å². The molecule has 0 aromatic heterocycles. The van der Waals surface area contributed by atoms with Crippen LogP contribution in [0.3, 0.4) is 0 Å². The van der Waals surface area contributed by atoms with Gasteiger partial charge in [0.2, 0.25) is 0 Å². The standard InChI is InChI=1S/C10H13NO2/c1-8-7-10(13-12-8)11-9-5-3-2-4-6-9/h2-6,8,10-11H,7H2,1H3/t8-,10-/m0/s1. The highest BCUT2D eigenvalue weighted by Crippen LogP contribution is 2.18. The van der Waals surface area contributed by atoms with Crippen molar-refractivity contribution in [2.24, 2.45) is 0 Å². The number of nitrogens with one attached hydrogen (secondary N) is 1. The number of para-hydroxylation sites is 1. The number of hydrogen-bond acceptors (Lipinski definition) is 3. The lowest BCUT2D eigenvalue weighted by Crippen LogP contribution is -2.17. The number of benzene rings is 1. The molecule has 0 radical (unpaired) electrons. The largest absolute Gasteiger partial charge is 0.358 e. The second-order valence-electron chi connectivity index (χ2n) is 3.24. The lowest BCUT2D eigenvalue weighted by Gasteiger charge is -2.10. The van der Waals surface area contributed by atoms with E-state index in [2.05, 4.69) is 5.32 Å². The maximum absolute atomic E-state index is 5.06. The Morgan fingerprint density at radius 3 is 2.62 bits per heavy atom. The highest BCUT2D eigenvalue weighted by Gasteiger charge is 2.23. The zero-order valence-electron chi connectivity index (χ0n) is 7.57. The van der Waals surface area contributed by atoms with E-state index in [9.17, 15) is 0 Å². The smallest absolute Gasteiger partial charge is 0.165 e. The van der Waals surface area contributed by atoms with Crippen molar-refractivity contribution in [1.82, 2.24) is 0 Å². The van der Waals surface area contributed by atoms with E-state index in [-0.39, 0.29) is 12.3 Å². The molecule has 2 atom stereocenters. The summed E-state index contributed by atoms with van der Waals surface area (Å²) in [5.41, 5.74) is 1.06. The molecule has 1 aliphatic heterocycles. The molecule has 0 spiro atoms. The van der Waals surface area contributed by atoms with E-state index >= 15 is 0 Å². The van der Waals surface area contributed by atoms with Gasteiger partial charge >= 0.3 is 0 Å². The molecular formula is C10H13NO2. The second kappa shape index (κ2) is 3.77. The Bertz CT molecular complexity index is 263. The monoisotopic (exact) mass is 179 g/mol. The summed E-state index contributed by atoms with van der Waals surface area (Å²) in [6, 6.07) is 9.97. The SMILES string of the molecule is C[C@H]1C[C@@H](Nc2ccccc2)OO1. The molecule has 1 aliphatic rings. The number of anilines is 1. The van der Waals surface area contributed by atoms with Crippen molar-refractivity contribution >= 4 is 5.69 Å². The van der Waals surface area contributed by atoms with Crippen LogP contribution in [0.1, 0.15) is 13.3 Å². The lowest BCUT2D eigenvalue weighted by molar-refractivity contribution is -0.288. The van der Waals surface area contributed by atoms with Gasteiger partial charge in [0.1, 0.15) is 0 Å². The molecule has 3 heteroatoms. The fourth-order valence-electron chi connectivity index (χ4n) is 1.35. The molecule has 1 aromatic rings. The van der Waals surface area contributed by atoms with E-state index in [0.29, 0.717) is 0 Å². The first kappa shape index (κ1) is 8.53. The maximum atomic E-state index is 5.06. The van der Waals surface area contributed by atoms with Crippen LogP contribution < -0.4 is 5.32 Å². The Balaban J connectivity index is 1.92. The fraction of sp³-hybridized carbons (Fsp3) is 0.400. The van der Waals surface area contributed by atoms with E-state index in [4.69, 9.17) is 9.78 Å². The van der Waals surface area contributed by atoms with Gasteiger partial charge < -0.3 is 5.32 Å². The molecular weight excluding hydrogens is 166 g/mol. The van der Waals surface area contributed by atoms with Crippen molar-refractivity contribution in [3.8, 4) is 0 Å². The summed E-state index contributed by atoms with van der Waals surface area (Å²) in [4.78, 5) is 10.0. The third-order valence-electron chi connectivity index (χ3n) is 1.98. The third-order valence-corrected chi connectivity index (χ3v) is 1.98. The molecule has 0 amide bonds. The zero-order chi connectivity index (χ0) is 9.10. The van der Waals surface area contributed by atoms with Crippen LogP contribution in [-0.4, -0.2) is 12.3 Å². The van der Waals surface area contributed by atoms with Gasteiger partial charge in [-0.25, -0.2) is 9.78 Å². The van der Waals surface area contributed by atoms with E-state index in [1.54, 1.807) is 0 Å². The van der Waals surface area contributed by atoms with Crippen LogP contribution in [-0.2, 0) is 9.78 Å². The first-order valence-corrected chi connectivity index (χ1v) is 4.48. The van der Waals surface area contributed by atoms with Crippen molar-refractivity contribution < 1.29 is 9.78 Å². The normalized spacial score (nSPS) is 27.5. The molecule has 0 saturated carbocycles. The second-order valence-corrected chi connectivity index (χ2v) is 3.24. The molecule has 1 N–H and O–H groups in total. The van der Waals surface area contributed by atoms with E-state index in [0.717, 1.165) is 12.1 Å². The molecule has 1 heterocycles. The third kappa shape index (κ3) is 2.20. The maximum Gasteiger partial charge on any atom is 0.165 e. The average molecular weight is 179 g/mol. The van der Waals surface area contributed by atoms with E-state index < -0.39 is 0 Å². The Hall–Kier alpha value is -1.06. The molecule has 0 unspecified atom stereocenters. The molecule has 1 saturated heterocycles. The first-order chi connectivity index (χ1) is 6.34. The van der Waals surface area contributed by atoms with Crippen LogP contribution in [0, 0.1) is 0 Å². The van der Waals surface area contributed by atoms with Gasteiger partial charge in [-0.2, -0.15) is 0 Å². The van der Waals surface area contributed by atoms with Gasteiger partial charge in [-0.3, -0.25) is 0 Å². The topological polar surface area (TPSA) is 30.5 Å². The Morgan fingerprint density at radius 1 is 1.23 bits per heavy atom. The van der Waals surface area contributed by atoms with E-state index in [1.165, 1.54) is 0 Å². The molecule has 1 fully saturated rings. The van der Waals surface area contributed by atoms with Gasteiger partial charge in [-0.05, 0) is 19.1 Å².